The number of carbonyl (C=O) groups excluding carboxylic acids is 3. The largest absolute Gasteiger partial charge is 0.454 e. The zero-order valence-electron chi connectivity index (χ0n) is 31.9. The van der Waals surface area contributed by atoms with Gasteiger partial charge in [0.25, 0.3) is 5.91 Å². The van der Waals surface area contributed by atoms with Crippen LogP contribution in [0.2, 0.25) is 5.02 Å². The predicted molar refractivity (Wildman–Crippen MR) is 212 cm³/mol. The highest BCUT2D eigenvalue weighted by atomic mass is 35.5. The fourth-order valence-corrected chi connectivity index (χ4v) is 5.90. The highest BCUT2D eigenvalue weighted by molar-refractivity contribution is 6.39. The number of aromatic nitrogens is 3. The molecule has 4 aromatic carbocycles. The van der Waals surface area contributed by atoms with E-state index in [1.165, 1.54) is 36.4 Å². The maximum atomic E-state index is 13.0. The molecule has 0 spiro atoms. The van der Waals surface area contributed by atoms with Crippen molar-refractivity contribution < 1.29 is 45.5 Å². The summed E-state index contributed by atoms with van der Waals surface area (Å²) in [5.74, 6) is -2.42. The van der Waals surface area contributed by atoms with Gasteiger partial charge in [0.2, 0.25) is 11.9 Å². The Labute approximate surface area is 344 Å². The highest BCUT2D eigenvalue weighted by Gasteiger charge is 2.45. The fourth-order valence-electron chi connectivity index (χ4n) is 5.78. The van der Waals surface area contributed by atoms with E-state index in [-0.39, 0.29) is 30.5 Å². The molecular weight excluding hydrogens is 818 g/mol. The minimum absolute atomic E-state index is 0.0144. The normalized spacial score (nSPS) is 13.5. The third-order valence-corrected chi connectivity index (χ3v) is 9.48. The lowest BCUT2D eigenvalue weighted by molar-refractivity contribution is -0.154. The molecule has 5 N–H and O–H groups in total. The van der Waals surface area contributed by atoms with E-state index in [9.17, 15) is 40.7 Å². The lowest BCUT2D eigenvalue weighted by Gasteiger charge is -2.25. The monoisotopic (exact) mass is 854 g/mol. The standard InChI is InChI=1S/C41H37ClF6N8O4/c1-38(2,22-50-33(58)34(59)51-30-15-5-25(6-16-30)24-3-9-28(10-4-24)41(46,47)48)21-49-32(57)26-7-17-31(18-8-26)52-35-53-36(55-37(54-35)60-23-40(43,44)45)56-39(19-20-39)27-11-13-29(42)14-12-27/h3-18H,19-23H2,1-2H3,(H,49,57)(H,50,58)(H,51,59)(H2,52,53,54,55,56). The molecule has 19 heteroatoms. The van der Waals surface area contributed by atoms with Crippen LogP contribution in [-0.4, -0.2) is 58.5 Å². The SMILES string of the molecule is CC(C)(CNC(=O)C(=O)Nc1ccc(-c2ccc(C(F)(F)F)cc2)cc1)CNC(=O)c1ccc(Nc2nc(NC3(c4ccc(Cl)cc4)CC3)nc(OCC(F)(F)F)n2)cc1. The smallest absolute Gasteiger partial charge is 0.422 e. The van der Waals surface area contributed by atoms with Gasteiger partial charge in [0.1, 0.15) is 0 Å². The Morgan fingerprint density at radius 3 is 1.85 bits per heavy atom. The Kier molecular flexibility index (Phi) is 12.5. The van der Waals surface area contributed by atoms with Crippen molar-refractivity contribution in [2.75, 3.05) is 35.6 Å². The number of alkyl halides is 6. The van der Waals surface area contributed by atoms with Gasteiger partial charge >= 0.3 is 30.2 Å². The lowest BCUT2D eigenvalue weighted by atomic mass is 9.93. The average molecular weight is 855 g/mol. The molecule has 5 aromatic rings. The van der Waals surface area contributed by atoms with Gasteiger partial charge in [-0.15, -0.1) is 0 Å². The van der Waals surface area contributed by atoms with Crippen LogP contribution in [0.1, 0.15) is 48.2 Å². The molecule has 314 valence electrons. The predicted octanol–water partition coefficient (Wildman–Crippen LogP) is 8.51. The number of carbonyl (C=O) groups is 3. The van der Waals surface area contributed by atoms with Gasteiger partial charge in [-0.1, -0.05) is 61.8 Å². The van der Waals surface area contributed by atoms with Crippen LogP contribution in [0.3, 0.4) is 0 Å². The van der Waals surface area contributed by atoms with Gasteiger partial charge in [-0.2, -0.15) is 41.3 Å². The molecule has 1 saturated carbocycles. The van der Waals surface area contributed by atoms with Crippen LogP contribution in [-0.2, 0) is 21.3 Å². The number of anilines is 4. The van der Waals surface area contributed by atoms with E-state index >= 15 is 0 Å². The van der Waals surface area contributed by atoms with Gasteiger partial charge in [-0.05, 0) is 95.6 Å². The number of rotatable bonds is 14. The summed E-state index contributed by atoms with van der Waals surface area (Å²) in [6, 6.07) is 23.6. The molecule has 3 amide bonds. The van der Waals surface area contributed by atoms with Crippen molar-refractivity contribution in [1.29, 1.82) is 0 Å². The van der Waals surface area contributed by atoms with Crippen molar-refractivity contribution >= 4 is 52.6 Å². The van der Waals surface area contributed by atoms with Crippen LogP contribution in [0.5, 0.6) is 6.01 Å². The quantitative estimate of drug-likeness (QED) is 0.0546. The summed E-state index contributed by atoms with van der Waals surface area (Å²) >= 11 is 6.03. The number of halogens is 7. The number of hydrogen-bond acceptors (Lipinski definition) is 9. The number of amides is 3. The van der Waals surface area contributed by atoms with Crippen molar-refractivity contribution in [3.63, 3.8) is 0 Å². The van der Waals surface area contributed by atoms with Crippen LogP contribution in [0.25, 0.3) is 11.1 Å². The van der Waals surface area contributed by atoms with Crippen LogP contribution < -0.4 is 31.3 Å². The van der Waals surface area contributed by atoms with Gasteiger partial charge in [-0.3, -0.25) is 14.4 Å². The van der Waals surface area contributed by atoms with E-state index in [4.69, 9.17) is 16.3 Å². The summed E-state index contributed by atoms with van der Waals surface area (Å²) in [5.41, 5.74) is 1.01. The van der Waals surface area contributed by atoms with Crippen LogP contribution >= 0.6 is 11.6 Å². The second kappa shape index (κ2) is 17.4. The maximum Gasteiger partial charge on any atom is 0.422 e. The molecule has 0 radical (unpaired) electrons. The highest BCUT2D eigenvalue weighted by Crippen LogP contribution is 2.48. The molecule has 0 aliphatic heterocycles. The summed E-state index contributed by atoms with van der Waals surface area (Å²) < 4.78 is 82.4. The average Bonchev–Trinajstić information content (AvgIpc) is 3.98. The molecule has 60 heavy (non-hydrogen) atoms. The first kappa shape index (κ1) is 43.2. The maximum absolute atomic E-state index is 13.0. The lowest BCUT2D eigenvalue weighted by Crippen LogP contribution is -2.44. The molecule has 0 saturated heterocycles. The van der Waals surface area contributed by atoms with Crippen LogP contribution in [0, 0.1) is 5.41 Å². The molecule has 1 aliphatic carbocycles. The van der Waals surface area contributed by atoms with Crippen molar-refractivity contribution in [3.05, 3.63) is 119 Å². The second-order valence-electron chi connectivity index (χ2n) is 14.7. The van der Waals surface area contributed by atoms with Crippen LogP contribution in [0.4, 0.5) is 49.6 Å². The van der Waals surface area contributed by atoms with Gasteiger partial charge in [0, 0.05) is 35.1 Å². The Morgan fingerprint density at radius 2 is 1.27 bits per heavy atom. The van der Waals surface area contributed by atoms with E-state index in [0.29, 0.717) is 40.4 Å². The van der Waals surface area contributed by atoms with Gasteiger partial charge < -0.3 is 31.3 Å². The first-order valence-electron chi connectivity index (χ1n) is 18.3. The first-order chi connectivity index (χ1) is 28.3. The Hall–Kier alpha value is -6.43. The molecule has 1 fully saturated rings. The van der Waals surface area contributed by atoms with E-state index in [2.05, 4.69) is 41.5 Å². The summed E-state index contributed by atoms with van der Waals surface area (Å²) in [5, 5.41) is 14.5. The Balaban J connectivity index is 0.993. The first-order valence-corrected chi connectivity index (χ1v) is 18.7. The third kappa shape index (κ3) is 11.8. The Bertz CT molecular complexity index is 2320. The zero-order chi connectivity index (χ0) is 43.3. The summed E-state index contributed by atoms with van der Waals surface area (Å²) in [6.07, 6.45) is -7.65. The number of nitrogens with one attached hydrogen (secondary N) is 5. The third-order valence-electron chi connectivity index (χ3n) is 9.23. The van der Waals surface area contributed by atoms with Crippen molar-refractivity contribution in [1.82, 2.24) is 25.6 Å². The summed E-state index contributed by atoms with van der Waals surface area (Å²) in [6.45, 7) is 2.05. The topological polar surface area (TPSA) is 159 Å². The molecule has 1 aromatic heterocycles. The summed E-state index contributed by atoms with van der Waals surface area (Å²) in [4.78, 5) is 50.5. The molecule has 0 unspecified atom stereocenters. The molecule has 0 atom stereocenters. The van der Waals surface area contributed by atoms with Crippen LogP contribution in [0.15, 0.2) is 97.1 Å². The summed E-state index contributed by atoms with van der Waals surface area (Å²) in [7, 11) is 0. The molecular formula is C41H37ClF6N8O4. The number of ether oxygens (including phenoxy) is 1. The van der Waals surface area contributed by atoms with E-state index < -0.39 is 59.2 Å². The van der Waals surface area contributed by atoms with Gasteiger partial charge in [0.15, 0.2) is 6.61 Å². The van der Waals surface area contributed by atoms with Crippen molar-refractivity contribution in [2.24, 2.45) is 5.41 Å². The molecule has 6 rings (SSSR count). The van der Waals surface area contributed by atoms with E-state index in [0.717, 1.165) is 17.7 Å². The van der Waals surface area contributed by atoms with E-state index in [1.54, 1.807) is 50.2 Å². The minimum Gasteiger partial charge on any atom is -0.454 e. The zero-order valence-corrected chi connectivity index (χ0v) is 32.6. The number of hydrogen-bond donors (Lipinski definition) is 5. The molecule has 1 aliphatic rings. The molecule has 12 nitrogen and oxygen atoms in total. The van der Waals surface area contributed by atoms with Crippen molar-refractivity contribution in [2.45, 2.75) is 44.6 Å². The Morgan fingerprint density at radius 1 is 0.700 bits per heavy atom. The number of nitrogens with zero attached hydrogens (tertiary/aromatic N) is 3. The van der Waals surface area contributed by atoms with Crippen molar-refractivity contribution in [3.8, 4) is 17.1 Å². The molecule has 1 heterocycles. The number of benzene rings is 4. The minimum atomic E-state index is -4.63. The van der Waals surface area contributed by atoms with Gasteiger partial charge in [0.05, 0.1) is 11.1 Å². The fraction of sp³-hybridized carbons (Fsp3) is 0.268. The van der Waals surface area contributed by atoms with E-state index in [1.807, 2.05) is 12.1 Å². The molecule has 0 bridgehead atoms. The van der Waals surface area contributed by atoms with Gasteiger partial charge in [-0.25, -0.2) is 0 Å². The second-order valence-corrected chi connectivity index (χ2v) is 15.2.